The van der Waals surface area contributed by atoms with Crippen LogP contribution >= 0.6 is 0 Å². The highest BCUT2D eigenvalue weighted by molar-refractivity contribution is 5.85. The third-order valence-electron chi connectivity index (χ3n) is 6.25. The molecule has 0 spiro atoms. The first-order chi connectivity index (χ1) is 21.2. The van der Waals surface area contributed by atoms with Gasteiger partial charge in [-0.25, -0.2) is 14.4 Å². The maximum atomic E-state index is 12.3. The van der Waals surface area contributed by atoms with Crippen molar-refractivity contribution < 1.29 is 33.3 Å². The molecule has 9 nitrogen and oxygen atoms in total. The third kappa shape index (κ3) is 12.8. The van der Waals surface area contributed by atoms with Gasteiger partial charge >= 0.3 is 18.2 Å². The SMILES string of the molecule is C=CC(=O)OCCCOc1ccc(CC(c2ccc(NC(=O)OC(C)(C)C)cc2)c2ccc(NC(=O)OC(C)(C)C)cc2)cc1. The lowest BCUT2D eigenvalue weighted by molar-refractivity contribution is -0.137. The van der Waals surface area contributed by atoms with E-state index in [9.17, 15) is 14.4 Å². The zero-order valence-corrected chi connectivity index (χ0v) is 27.0. The van der Waals surface area contributed by atoms with Crippen LogP contribution in [0.5, 0.6) is 5.75 Å². The summed E-state index contributed by atoms with van der Waals surface area (Å²) < 4.78 is 21.5. The molecule has 240 valence electrons. The number of esters is 1. The van der Waals surface area contributed by atoms with Crippen molar-refractivity contribution in [1.29, 1.82) is 0 Å². The van der Waals surface area contributed by atoms with Crippen LogP contribution in [0.3, 0.4) is 0 Å². The van der Waals surface area contributed by atoms with E-state index in [1.807, 2.05) is 114 Å². The smallest absolute Gasteiger partial charge is 0.412 e. The quantitative estimate of drug-likeness (QED) is 0.0912. The van der Waals surface area contributed by atoms with Gasteiger partial charge in [0.05, 0.1) is 13.2 Å². The molecule has 0 heterocycles. The average Bonchev–Trinajstić information content (AvgIpc) is 2.95. The van der Waals surface area contributed by atoms with Gasteiger partial charge in [-0.1, -0.05) is 43.0 Å². The number of benzene rings is 3. The Morgan fingerprint density at radius 2 is 1.18 bits per heavy atom. The van der Waals surface area contributed by atoms with Gasteiger partial charge < -0.3 is 18.9 Å². The van der Waals surface area contributed by atoms with E-state index in [1.165, 1.54) is 0 Å². The van der Waals surface area contributed by atoms with E-state index in [0.29, 0.717) is 30.8 Å². The molecule has 2 N–H and O–H groups in total. The molecule has 0 aliphatic carbocycles. The van der Waals surface area contributed by atoms with Crippen LogP contribution in [0.15, 0.2) is 85.5 Å². The number of anilines is 2. The fourth-order valence-electron chi connectivity index (χ4n) is 4.31. The summed E-state index contributed by atoms with van der Waals surface area (Å²) in [6, 6.07) is 23.3. The molecule has 3 aromatic rings. The zero-order chi connectivity index (χ0) is 33.0. The summed E-state index contributed by atoms with van der Waals surface area (Å²) in [5.74, 6) is 0.250. The number of ether oxygens (including phenoxy) is 4. The van der Waals surface area contributed by atoms with Crippen molar-refractivity contribution in [3.05, 3.63) is 102 Å². The number of rotatable bonds is 12. The number of hydrogen-bond acceptors (Lipinski definition) is 7. The predicted molar refractivity (Wildman–Crippen MR) is 176 cm³/mol. The largest absolute Gasteiger partial charge is 0.493 e. The van der Waals surface area contributed by atoms with Gasteiger partial charge in [-0.15, -0.1) is 0 Å². The second kappa shape index (κ2) is 15.8. The van der Waals surface area contributed by atoms with Gasteiger partial charge in [-0.2, -0.15) is 0 Å². The fraction of sp³-hybridized carbons (Fsp3) is 0.361. The summed E-state index contributed by atoms with van der Waals surface area (Å²) in [6.07, 6.45) is 1.37. The lowest BCUT2D eigenvalue weighted by Crippen LogP contribution is -2.27. The number of nitrogens with one attached hydrogen (secondary N) is 2. The Hall–Kier alpha value is -4.79. The van der Waals surface area contributed by atoms with E-state index >= 15 is 0 Å². The van der Waals surface area contributed by atoms with Gasteiger partial charge in [-0.3, -0.25) is 10.6 Å². The molecule has 0 bridgehead atoms. The van der Waals surface area contributed by atoms with E-state index in [-0.39, 0.29) is 12.5 Å². The van der Waals surface area contributed by atoms with Gasteiger partial charge in [0.1, 0.15) is 17.0 Å². The Kier molecular flexibility index (Phi) is 12.2. The summed E-state index contributed by atoms with van der Waals surface area (Å²) >= 11 is 0. The van der Waals surface area contributed by atoms with Crippen LogP contribution < -0.4 is 15.4 Å². The van der Waals surface area contributed by atoms with Gasteiger partial charge in [0.15, 0.2) is 0 Å². The summed E-state index contributed by atoms with van der Waals surface area (Å²) in [5, 5.41) is 5.56. The molecule has 9 heteroatoms. The van der Waals surface area contributed by atoms with Crippen molar-refractivity contribution in [2.75, 3.05) is 23.8 Å². The first-order valence-electron chi connectivity index (χ1n) is 14.9. The van der Waals surface area contributed by atoms with Crippen molar-refractivity contribution in [1.82, 2.24) is 0 Å². The van der Waals surface area contributed by atoms with Crippen molar-refractivity contribution in [3.8, 4) is 5.75 Å². The number of amides is 2. The van der Waals surface area contributed by atoms with E-state index in [2.05, 4.69) is 17.2 Å². The van der Waals surface area contributed by atoms with E-state index < -0.39 is 29.4 Å². The summed E-state index contributed by atoms with van der Waals surface area (Å²) in [7, 11) is 0. The average molecular weight is 617 g/mol. The standard InChI is InChI=1S/C36H44N2O7/c1-8-32(39)43-23-9-22-42-30-20-10-25(11-21-30)24-31(26-12-16-28(17-13-26)37-33(40)44-35(2,3)4)27-14-18-29(19-15-27)38-34(41)45-36(5,6)7/h8,10-21,31H,1,9,22-24H2,2-7H3,(H,37,40)(H,38,41). The molecular formula is C36H44N2O7. The zero-order valence-electron chi connectivity index (χ0n) is 27.0. The highest BCUT2D eigenvalue weighted by Crippen LogP contribution is 2.31. The van der Waals surface area contributed by atoms with Crippen molar-refractivity contribution in [2.24, 2.45) is 0 Å². The molecule has 45 heavy (non-hydrogen) atoms. The Labute approximate surface area is 265 Å². The molecule has 0 saturated carbocycles. The minimum atomic E-state index is -0.597. The number of carbonyl (C=O) groups is 3. The summed E-state index contributed by atoms with van der Waals surface area (Å²) in [6.45, 7) is 15.0. The third-order valence-corrected chi connectivity index (χ3v) is 6.25. The van der Waals surface area contributed by atoms with Crippen LogP contribution in [0.2, 0.25) is 0 Å². The van der Waals surface area contributed by atoms with Crippen LogP contribution in [0.25, 0.3) is 0 Å². The molecule has 0 aliphatic heterocycles. The molecule has 0 saturated heterocycles. The monoisotopic (exact) mass is 616 g/mol. The van der Waals surface area contributed by atoms with Gasteiger partial charge in [-0.05, 0) is 101 Å². The van der Waals surface area contributed by atoms with Gasteiger partial charge in [0.25, 0.3) is 0 Å². The molecule has 0 fully saturated rings. The normalized spacial score (nSPS) is 11.4. The van der Waals surface area contributed by atoms with Crippen molar-refractivity contribution >= 4 is 29.5 Å². The molecule has 2 amide bonds. The molecule has 0 atom stereocenters. The molecule has 0 aliphatic rings. The van der Waals surface area contributed by atoms with E-state index in [4.69, 9.17) is 18.9 Å². The molecule has 3 aromatic carbocycles. The molecule has 0 unspecified atom stereocenters. The lowest BCUT2D eigenvalue weighted by Gasteiger charge is -2.21. The lowest BCUT2D eigenvalue weighted by atomic mass is 9.86. The molecular weight excluding hydrogens is 572 g/mol. The Morgan fingerprint density at radius 3 is 1.60 bits per heavy atom. The van der Waals surface area contributed by atoms with Gasteiger partial charge in [0.2, 0.25) is 0 Å². The molecule has 0 radical (unpaired) electrons. The predicted octanol–water partition coefficient (Wildman–Crippen LogP) is 8.25. The first-order valence-corrected chi connectivity index (χ1v) is 14.9. The fourth-order valence-corrected chi connectivity index (χ4v) is 4.31. The van der Waals surface area contributed by atoms with Crippen LogP contribution in [-0.2, 0) is 25.4 Å². The minimum Gasteiger partial charge on any atom is -0.493 e. The number of carbonyl (C=O) groups excluding carboxylic acids is 3. The summed E-state index contributed by atoms with van der Waals surface area (Å²) in [5.41, 5.74) is 3.26. The molecule has 0 aromatic heterocycles. The number of hydrogen-bond donors (Lipinski definition) is 2. The maximum Gasteiger partial charge on any atom is 0.412 e. The van der Waals surface area contributed by atoms with Crippen LogP contribution in [0, 0.1) is 0 Å². The van der Waals surface area contributed by atoms with Crippen molar-refractivity contribution in [2.45, 2.75) is 71.5 Å². The minimum absolute atomic E-state index is 0.0255. The van der Waals surface area contributed by atoms with E-state index in [1.54, 1.807) is 0 Å². The van der Waals surface area contributed by atoms with Crippen LogP contribution in [0.4, 0.5) is 21.0 Å². The highest BCUT2D eigenvalue weighted by Gasteiger charge is 2.19. The van der Waals surface area contributed by atoms with Crippen LogP contribution in [0.1, 0.15) is 70.6 Å². The van der Waals surface area contributed by atoms with E-state index in [0.717, 1.165) is 28.5 Å². The highest BCUT2D eigenvalue weighted by atomic mass is 16.6. The van der Waals surface area contributed by atoms with Gasteiger partial charge in [0, 0.05) is 29.8 Å². The summed E-state index contributed by atoms with van der Waals surface area (Å²) in [4.78, 5) is 35.7. The van der Waals surface area contributed by atoms with Crippen molar-refractivity contribution in [3.63, 3.8) is 0 Å². The topological polar surface area (TPSA) is 112 Å². The van der Waals surface area contributed by atoms with Crippen LogP contribution in [-0.4, -0.2) is 42.6 Å². The Morgan fingerprint density at radius 1 is 0.711 bits per heavy atom. The maximum absolute atomic E-state index is 12.3. The second-order valence-electron chi connectivity index (χ2n) is 12.5. The Balaban J connectivity index is 1.75. The second-order valence-corrected chi connectivity index (χ2v) is 12.5. The first kappa shape index (κ1) is 34.7. The Bertz CT molecular complexity index is 1350. The molecule has 3 rings (SSSR count).